The van der Waals surface area contributed by atoms with E-state index in [1.165, 1.54) is 33.2 Å². The van der Waals surface area contributed by atoms with Gasteiger partial charge in [0.05, 0.1) is 11.4 Å². The molecule has 1 aliphatic carbocycles. The molecule has 0 N–H and O–H groups in total. The van der Waals surface area contributed by atoms with Gasteiger partial charge in [0.25, 0.3) is 0 Å². The second-order valence-electron chi connectivity index (χ2n) is 12.0. The normalized spacial score (nSPS) is 13.5. The quantitative estimate of drug-likeness (QED) is 0.218. The van der Waals surface area contributed by atoms with Crippen LogP contribution in [0.4, 0.5) is 0 Å². The first kappa shape index (κ1) is 24.2. The van der Waals surface area contributed by atoms with E-state index in [4.69, 9.17) is 9.40 Å². The summed E-state index contributed by atoms with van der Waals surface area (Å²) in [5.41, 5.74) is 14.7. The summed E-state index contributed by atoms with van der Waals surface area (Å²) in [6, 6.07) is 45.3. The van der Waals surface area contributed by atoms with Crippen LogP contribution in [-0.4, -0.2) is 9.38 Å². The number of aromatic nitrogens is 2. The molecule has 5 aromatic carbocycles. The van der Waals surface area contributed by atoms with E-state index >= 15 is 0 Å². The standard InChI is InChI=1S/C40H28N2O/c1-40(2)32-15-7-6-13-29(32)30-24-35-31(23-33(30)40)37-28(14-10-16-34(37)43-35)25-18-20-26(21-19-25)38-39(27-11-4-3-5-12-27)42-22-9-8-17-36(42)41-38/h3-24H,1-2H3. The summed E-state index contributed by atoms with van der Waals surface area (Å²) in [5, 5.41) is 2.33. The van der Waals surface area contributed by atoms with Crippen LogP contribution in [0.2, 0.25) is 0 Å². The molecule has 1 aliphatic rings. The molecule has 3 aromatic heterocycles. The zero-order valence-corrected chi connectivity index (χ0v) is 24.0. The number of hydrogen-bond acceptors (Lipinski definition) is 2. The van der Waals surface area contributed by atoms with Crippen LogP contribution in [0.15, 0.2) is 138 Å². The van der Waals surface area contributed by atoms with Crippen LogP contribution in [0.3, 0.4) is 0 Å². The highest BCUT2D eigenvalue weighted by Gasteiger charge is 2.36. The molecule has 0 fully saturated rings. The molecule has 0 saturated heterocycles. The van der Waals surface area contributed by atoms with Gasteiger partial charge in [0.1, 0.15) is 16.8 Å². The van der Waals surface area contributed by atoms with Crippen molar-refractivity contribution in [3.8, 4) is 44.8 Å². The minimum absolute atomic E-state index is 0.0646. The van der Waals surface area contributed by atoms with Crippen LogP contribution in [0.5, 0.6) is 0 Å². The fourth-order valence-corrected chi connectivity index (χ4v) is 7.14. The van der Waals surface area contributed by atoms with E-state index in [2.05, 4.69) is 146 Å². The highest BCUT2D eigenvalue weighted by Crippen LogP contribution is 2.51. The molecular formula is C40H28N2O. The highest BCUT2D eigenvalue weighted by atomic mass is 16.3. The molecule has 3 heteroatoms. The lowest BCUT2D eigenvalue weighted by Crippen LogP contribution is -2.14. The van der Waals surface area contributed by atoms with Crippen molar-refractivity contribution >= 4 is 27.6 Å². The number of furan rings is 1. The van der Waals surface area contributed by atoms with Crippen molar-refractivity contribution in [2.24, 2.45) is 0 Å². The van der Waals surface area contributed by atoms with E-state index < -0.39 is 0 Å². The van der Waals surface area contributed by atoms with Crippen molar-refractivity contribution in [2.45, 2.75) is 19.3 Å². The van der Waals surface area contributed by atoms with Crippen molar-refractivity contribution in [1.82, 2.24) is 9.38 Å². The minimum Gasteiger partial charge on any atom is -0.456 e. The van der Waals surface area contributed by atoms with Gasteiger partial charge >= 0.3 is 0 Å². The number of rotatable bonds is 3. The largest absolute Gasteiger partial charge is 0.456 e. The molecule has 0 atom stereocenters. The second kappa shape index (κ2) is 8.80. The van der Waals surface area contributed by atoms with E-state index in [0.29, 0.717) is 0 Å². The molecule has 0 bridgehead atoms. The maximum absolute atomic E-state index is 6.50. The Morgan fingerprint density at radius 3 is 2.19 bits per heavy atom. The zero-order valence-electron chi connectivity index (χ0n) is 24.0. The van der Waals surface area contributed by atoms with Gasteiger partial charge in [-0.1, -0.05) is 111 Å². The Morgan fingerprint density at radius 2 is 1.33 bits per heavy atom. The van der Waals surface area contributed by atoms with Gasteiger partial charge in [-0.25, -0.2) is 4.98 Å². The zero-order chi connectivity index (χ0) is 28.7. The van der Waals surface area contributed by atoms with Gasteiger partial charge in [-0.05, 0) is 63.7 Å². The van der Waals surface area contributed by atoms with Gasteiger partial charge in [-0.3, -0.25) is 4.40 Å². The Morgan fingerprint density at radius 1 is 0.581 bits per heavy atom. The minimum atomic E-state index is -0.0646. The first-order valence-corrected chi connectivity index (χ1v) is 14.8. The number of nitrogens with zero attached hydrogens (tertiary/aromatic N) is 2. The summed E-state index contributed by atoms with van der Waals surface area (Å²) in [6.45, 7) is 4.66. The summed E-state index contributed by atoms with van der Waals surface area (Å²) < 4.78 is 8.68. The average molecular weight is 553 g/mol. The van der Waals surface area contributed by atoms with Gasteiger partial charge < -0.3 is 4.42 Å². The predicted octanol–water partition coefficient (Wildman–Crippen LogP) is 10.5. The van der Waals surface area contributed by atoms with Gasteiger partial charge in [-0.15, -0.1) is 0 Å². The molecule has 204 valence electrons. The van der Waals surface area contributed by atoms with Gasteiger partial charge in [0.2, 0.25) is 0 Å². The maximum atomic E-state index is 6.50. The van der Waals surface area contributed by atoms with Gasteiger partial charge in [0, 0.05) is 33.5 Å². The smallest absolute Gasteiger partial charge is 0.137 e. The highest BCUT2D eigenvalue weighted by molar-refractivity contribution is 6.14. The Hall–Kier alpha value is -5.41. The van der Waals surface area contributed by atoms with E-state index in [-0.39, 0.29) is 5.41 Å². The molecular weight excluding hydrogens is 524 g/mol. The third-order valence-electron chi connectivity index (χ3n) is 9.25. The van der Waals surface area contributed by atoms with E-state index in [9.17, 15) is 0 Å². The fourth-order valence-electron chi connectivity index (χ4n) is 7.14. The number of hydrogen-bond donors (Lipinski definition) is 0. The van der Waals surface area contributed by atoms with Crippen molar-refractivity contribution in [2.75, 3.05) is 0 Å². The van der Waals surface area contributed by atoms with Crippen molar-refractivity contribution < 1.29 is 4.42 Å². The van der Waals surface area contributed by atoms with Gasteiger partial charge in [-0.2, -0.15) is 0 Å². The molecule has 0 saturated carbocycles. The number of imidazole rings is 1. The monoisotopic (exact) mass is 552 g/mol. The lowest BCUT2D eigenvalue weighted by atomic mass is 9.82. The third kappa shape index (κ3) is 3.45. The van der Waals surface area contributed by atoms with Gasteiger partial charge in [0.15, 0.2) is 0 Å². The third-order valence-corrected chi connectivity index (χ3v) is 9.25. The second-order valence-corrected chi connectivity index (χ2v) is 12.0. The lowest BCUT2D eigenvalue weighted by molar-refractivity contribution is 0.658. The summed E-state index contributed by atoms with van der Waals surface area (Å²) in [7, 11) is 0. The topological polar surface area (TPSA) is 30.4 Å². The van der Waals surface area contributed by atoms with Crippen molar-refractivity contribution in [3.63, 3.8) is 0 Å². The van der Waals surface area contributed by atoms with Crippen LogP contribution in [0.1, 0.15) is 25.0 Å². The molecule has 0 amide bonds. The van der Waals surface area contributed by atoms with Crippen LogP contribution in [0, 0.1) is 0 Å². The molecule has 0 aliphatic heterocycles. The molecule has 3 nitrogen and oxygen atoms in total. The first-order chi connectivity index (χ1) is 21.1. The lowest BCUT2D eigenvalue weighted by Gasteiger charge is -2.21. The van der Waals surface area contributed by atoms with Crippen LogP contribution in [-0.2, 0) is 5.41 Å². The molecule has 0 spiro atoms. The van der Waals surface area contributed by atoms with Crippen molar-refractivity contribution in [1.29, 1.82) is 0 Å². The molecule has 8 aromatic rings. The molecule has 9 rings (SSSR count). The number of pyridine rings is 1. The van der Waals surface area contributed by atoms with E-state index in [1.54, 1.807) is 0 Å². The average Bonchev–Trinajstić information content (AvgIpc) is 3.69. The Bertz CT molecular complexity index is 2360. The van der Waals surface area contributed by atoms with Crippen LogP contribution in [0.25, 0.3) is 72.4 Å². The Labute approximate surface area is 249 Å². The van der Waals surface area contributed by atoms with Crippen molar-refractivity contribution in [3.05, 3.63) is 145 Å². The Kier molecular flexibility index (Phi) is 4.95. The fraction of sp³-hybridized carbons (Fsp3) is 0.0750. The summed E-state index contributed by atoms with van der Waals surface area (Å²) in [4.78, 5) is 5.06. The van der Waals surface area contributed by atoms with Crippen LogP contribution >= 0.6 is 0 Å². The molecule has 43 heavy (non-hydrogen) atoms. The van der Waals surface area contributed by atoms with E-state index in [0.717, 1.165) is 50.3 Å². The SMILES string of the molecule is CC1(C)c2ccccc2-c2cc3oc4cccc(-c5ccc(-c6nc7ccccn7c6-c6ccccc6)cc5)c4c3cc21. The first-order valence-electron chi connectivity index (χ1n) is 14.8. The predicted molar refractivity (Wildman–Crippen MR) is 176 cm³/mol. The number of fused-ring (bicyclic) bond motifs is 7. The van der Waals surface area contributed by atoms with E-state index in [1.807, 2.05) is 6.07 Å². The Balaban J connectivity index is 1.20. The molecule has 0 radical (unpaired) electrons. The number of benzene rings is 5. The maximum Gasteiger partial charge on any atom is 0.137 e. The molecule has 0 unspecified atom stereocenters. The summed E-state index contributed by atoms with van der Waals surface area (Å²) >= 11 is 0. The summed E-state index contributed by atoms with van der Waals surface area (Å²) in [6.07, 6.45) is 2.09. The molecule has 3 heterocycles. The van der Waals surface area contributed by atoms with Crippen LogP contribution < -0.4 is 0 Å². The summed E-state index contributed by atoms with van der Waals surface area (Å²) in [5.74, 6) is 0.